The summed E-state index contributed by atoms with van der Waals surface area (Å²) in [6.07, 6.45) is 2.11. The molecule has 2 rings (SSSR count). The third-order valence-electron chi connectivity index (χ3n) is 3.66. The monoisotopic (exact) mass is 247 g/mol. The number of aryl methyl sites for hydroxylation is 1. The van der Waals surface area contributed by atoms with E-state index in [1.807, 2.05) is 4.90 Å². The molecule has 0 bridgehead atoms. The summed E-state index contributed by atoms with van der Waals surface area (Å²) in [5, 5.41) is 0. The molecule has 0 unspecified atom stereocenters. The molecule has 1 heterocycles. The molecule has 1 aliphatic rings. The predicted molar refractivity (Wildman–Crippen MR) is 71.6 cm³/mol. The number of rotatable bonds is 3. The van der Waals surface area contributed by atoms with Gasteiger partial charge in [-0.1, -0.05) is 29.8 Å². The van der Waals surface area contributed by atoms with Crippen LogP contribution in [-0.2, 0) is 9.53 Å². The van der Waals surface area contributed by atoms with Crippen LogP contribution in [0.3, 0.4) is 0 Å². The zero-order chi connectivity index (χ0) is 13.0. The van der Waals surface area contributed by atoms with Crippen molar-refractivity contribution in [3.8, 4) is 0 Å². The molecule has 0 spiro atoms. The number of nitrogens with zero attached hydrogens (tertiary/aromatic N) is 1. The number of piperidine rings is 1. The molecule has 98 valence electrons. The third-order valence-corrected chi connectivity index (χ3v) is 3.66. The van der Waals surface area contributed by atoms with Crippen LogP contribution >= 0.6 is 0 Å². The van der Waals surface area contributed by atoms with Crippen LogP contribution in [0, 0.1) is 6.92 Å². The summed E-state index contributed by atoms with van der Waals surface area (Å²) in [6.45, 7) is 4.01. The van der Waals surface area contributed by atoms with Gasteiger partial charge in [0.15, 0.2) is 0 Å². The fraction of sp³-hybridized carbons (Fsp3) is 0.533. The van der Waals surface area contributed by atoms with Crippen LogP contribution < -0.4 is 0 Å². The van der Waals surface area contributed by atoms with Crippen LogP contribution in [0.15, 0.2) is 24.3 Å². The highest BCUT2D eigenvalue weighted by Gasteiger charge is 2.23. The highest BCUT2D eigenvalue weighted by molar-refractivity contribution is 5.77. The summed E-state index contributed by atoms with van der Waals surface area (Å²) in [5.74, 6) is 0.706. The molecule has 0 N–H and O–H groups in total. The SMILES string of the molecule is COCC(=O)N1CCC(c2ccc(C)cc2)CC1. The highest BCUT2D eigenvalue weighted by Crippen LogP contribution is 2.28. The molecule has 0 saturated carbocycles. The van der Waals surface area contributed by atoms with E-state index >= 15 is 0 Å². The van der Waals surface area contributed by atoms with Gasteiger partial charge >= 0.3 is 0 Å². The second-order valence-electron chi connectivity index (χ2n) is 5.00. The van der Waals surface area contributed by atoms with Crippen molar-refractivity contribution in [2.24, 2.45) is 0 Å². The highest BCUT2D eigenvalue weighted by atomic mass is 16.5. The normalized spacial score (nSPS) is 16.9. The van der Waals surface area contributed by atoms with E-state index in [9.17, 15) is 4.79 Å². The van der Waals surface area contributed by atoms with E-state index in [0.29, 0.717) is 5.92 Å². The zero-order valence-corrected chi connectivity index (χ0v) is 11.2. The van der Waals surface area contributed by atoms with Crippen molar-refractivity contribution >= 4 is 5.91 Å². The topological polar surface area (TPSA) is 29.5 Å². The fourth-order valence-electron chi connectivity index (χ4n) is 2.52. The molecule has 1 aromatic rings. The molecule has 1 saturated heterocycles. The van der Waals surface area contributed by atoms with E-state index in [2.05, 4.69) is 31.2 Å². The molecule has 1 aromatic carbocycles. The largest absolute Gasteiger partial charge is 0.375 e. The lowest BCUT2D eigenvalue weighted by Gasteiger charge is -2.32. The average Bonchev–Trinajstić information content (AvgIpc) is 2.40. The van der Waals surface area contributed by atoms with Crippen molar-refractivity contribution in [2.45, 2.75) is 25.7 Å². The molecule has 0 aromatic heterocycles. The Kier molecular flexibility index (Phi) is 4.37. The van der Waals surface area contributed by atoms with Crippen molar-refractivity contribution in [3.63, 3.8) is 0 Å². The molecular weight excluding hydrogens is 226 g/mol. The Morgan fingerprint density at radius 3 is 2.44 bits per heavy atom. The Balaban J connectivity index is 1.90. The standard InChI is InChI=1S/C15H21NO2/c1-12-3-5-13(6-4-12)14-7-9-16(10-8-14)15(17)11-18-2/h3-6,14H,7-11H2,1-2H3. The van der Waals surface area contributed by atoms with E-state index in [0.717, 1.165) is 25.9 Å². The summed E-state index contributed by atoms with van der Waals surface area (Å²) in [5.41, 5.74) is 2.70. The number of likely N-dealkylation sites (tertiary alicyclic amines) is 1. The van der Waals surface area contributed by atoms with Crippen molar-refractivity contribution < 1.29 is 9.53 Å². The van der Waals surface area contributed by atoms with Crippen LogP contribution in [0.1, 0.15) is 29.9 Å². The Labute approximate surface area is 109 Å². The van der Waals surface area contributed by atoms with Crippen molar-refractivity contribution in [2.75, 3.05) is 26.8 Å². The molecule has 0 atom stereocenters. The van der Waals surface area contributed by atoms with Crippen LogP contribution in [0.5, 0.6) is 0 Å². The molecule has 3 heteroatoms. The van der Waals surface area contributed by atoms with Crippen LogP contribution in [0.4, 0.5) is 0 Å². The molecule has 1 aliphatic heterocycles. The van der Waals surface area contributed by atoms with Gasteiger partial charge in [-0.2, -0.15) is 0 Å². The van der Waals surface area contributed by atoms with Gasteiger partial charge in [-0.05, 0) is 31.2 Å². The summed E-state index contributed by atoms with van der Waals surface area (Å²) in [7, 11) is 1.57. The smallest absolute Gasteiger partial charge is 0.248 e. The maximum absolute atomic E-state index is 11.7. The summed E-state index contributed by atoms with van der Waals surface area (Å²) in [4.78, 5) is 13.6. The zero-order valence-electron chi connectivity index (χ0n) is 11.2. The predicted octanol–water partition coefficient (Wildman–Crippen LogP) is 2.35. The molecule has 3 nitrogen and oxygen atoms in total. The number of hydrogen-bond acceptors (Lipinski definition) is 2. The van der Waals surface area contributed by atoms with Gasteiger partial charge in [0.2, 0.25) is 5.91 Å². The lowest BCUT2D eigenvalue weighted by atomic mass is 9.89. The van der Waals surface area contributed by atoms with Crippen molar-refractivity contribution in [1.82, 2.24) is 4.90 Å². The van der Waals surface area contributed by atoms with Crippen LogP contribution in [0.25, 0.3) is 0 Å². The van der Waals surface area contributed by atoms with Gasteiger partial charge in [-0.25, -0.2) is 0 Å². The molecule has 1 fully saturated rings. The van der Waals surface area contributed by atoms with Gasteiger partial charge in [0.1, 0.15) is 6.61 Å². The number of carbonyl (C=O) groups is 1. The average molecular weight is 247 g/mol. The number of benzene rings is 1. The first-order chi connectivity index (χ1) is 8.70. The minimum absolute atomic E-state index is 0.111. The molecule has 1 amide bonds. The molecule has 18 heavy (non-hydrogen) atoms. The minimum atomic E-state index is 0.111. The minimum Gasteiger partial charge on any atom is -0.375 e. The quantitative estimate of drug-likeness (QED) is 0.820. The first-order valence-electron chi connectivity index (χ1n) is 6.54. The van der Waals surface area contributed by atoms with Gasteiger partial charge in [0.25, 0.3) is 0 Å². The number of carbonyl (C=O) groups excluding carboxylic acids is 1. The summed E-state index contributed by atoms with van der Waals surface area (Å²) < 4.78 is 4.89. The maximum Gasteiger partial charge on any atom is 0.248 e. The fourth-order valence-corrected chi connectivity index (χ4v) is 2.52. The van der Waals surface area contributed by atoms with Crippen LogP contribution in [-0.4, -0.2) is 37.6 Å². The Morgan fingerprint density at radius 2 is 1.89 bits per heavy atom. The number of amides is 1. The molecule has 0 aliphatic carbocycles. The summed E-state index contributed by atoms with van der Waals surface area (Å²) in [6, 6.07) is 8.76. The Bertz CT molecular complexity index is 391. The van der Waals surface area contributed by atoms with Crippen molar-refractivity contribution in [3.05, 3.63) is 35.4 Å². The summed E-state index contributed by atoms with van der Waals surface area (Å²) >= 11 is 0. The Morgan fingerprint density at radius 1 is 1.28 bits per heavy atom. The van der Waals surface area contributed by atoms with E-state index in [-0.39, 0.29) is 12.5 Å². The van der Waals surface area contributed by atoms with E-state index in [4.69, 9.17) is 4.74 Å². The molecular formula is C15H21NO2. The van der Waals surface area contributed by atoms with Gasteiger partial charge in [-0.15, -0.1) is 0 Å². The van der Waals surface area contributed by atoms with E-state index in [1.54, 1.807) is 7.11 Å². The second kappa shape index (κ2) is 6.01. The second-order valence-corrected chi connectivity index (χ2v) is 5.00. The number of methoxy groups -OCH3 is 1. The lowest BCUT2D eigenvalue weighted by Crippen LogP contribution is -2.39. The maximum atomic E-state index is 11.7. The van der Waals surface area contributed by atoms with Crippen LogP contribution in [0.2, 0.25) is 0 Å². The van der Waals surface area contributed by atoms with Crippen molar-refractivity contribution in [1.29, 1.82) is 0 Å². The van der Waals surface area contributed by atoms with Gasteiger partial charge < -0.3 is 9.64 Å². The Hall–Kier alpha value is -1.35. The lowest BCUT2D eigenvalue weighted by molar-refractivity contribution is -0.136. The first kappa shape index (κ1) is 13.1. The van der Waals surface area contributed by atoms with Gasteiger partial charge in [0.05, 0.1) is 0 Å². The number of ether oxygens (including phenoxy) is 1. The van der Waals surface area contributed by atoms with Gasteiger partial charge in [0, 0.05) is 20.2 Å². The van der Waals surface area contributed by atoms with E-state index in [1.165, 1.54) is 11.1 Å². The first-order valence-corrected chi connectivity index (χ1v) is 6.54. The number of hydrogen-bond donors (Lipinski definition) is 0. The third kappa shape index (κ3) is 3.10. The van der Waals surface area contributed by atoms with E-state index < -0.39 is 0 Å². The molecule has 0 radical (unpaired) electrons. The van der Waals surface area contributed by atoms with Gasteiger partial charge in [-0.3, -0.25) is 4.79 Å².